The molecule has 3 heterocycles. The van der Waals surface area contributed by atoms with Crippen LogP contribution in [0.4, 0.5) is 5.69 Å². The molecule has 8 nitrogen and oxygen atoms in total. The largest absolute Gasteiger partial charge is 0.332 e. The molecule has 3 aromatic rings. The summed E-state index contributed by atoms with van der Waals surface area (Å²) in [4.78, 5) is 48.3. The Labute approximate surface area is 171 Å². The smallest absolute Gasteiger partial charge is 0.311 e. The highest BCUT2D eigenvalue weighted by atomic mass is 32.2. The number of aryl methyl sites for hydroxylation is 3. The molecule has 1 aromatic carbocycles. The van der Waals surface area contributed by atoms with Gasteiger partial charge in [0.1, 0.15) is 16.2 Å². The standard InChI is InChI=1S/C20H21N5O3S/c1-12-21-17-16(19(27)24(3)20(28)23(17)2)18(22-12)29-11-15(26)25-10-6-8-13-7-4-5-9-14(13)25/h4-5,7,9H,6,8,10-11H2,1-3H3. The molecule has 0 N–H and O–H groups in total. The number of para-hydroxylation sites is 1. The molecule has 0 aliphatic carbocycles. The fraction of sp³-hybridized carbons (Fsp3) is 0.350. The molecule has 1 aliphatic heterocycles. The number of anilines is 1. The van der Waals surface area contributed by atoms with Crippen molar-refractivity contribution in [2.45, 2.75) is 24.8 Å². The molecule has 29 heavy (non-hydrogen) atoms. The van der Waals surface area contributed by atoms with Gasteiger partial charge in [0.25, 0.3) is 5.56 Å². The monoisotopic (exact) mass is 411 g/mol. The van der Waals surface area contributed by atoms with Gasteiger partial charge in [-0.25, -0.2) is 14.8 Å². The summed E-state index contributed by atoms with van der Waals surface area (Å²) < 4.78 is 2.37. The lowest BCUT2D eigenvalue weighted by Crippen LogP contribution is -2.38. The first-order chi connectivity index (χ1) is 13.9. The summed E-state index contributed by atoms with van der Waals surface area (Å²) in [7, 11) is 3.00. The molecule has 0 fully saturated rings. The van der Waals surface area contributed by atoms with Crippen LogP contribution in [0.5, 0.6) is 0 Å². The minimum Gasteiger partial charge on any atom is -0.311 e. The highest BCUT2D eigenvalue weighted by Gasteiger charge is 2.23. The number of amides is 1. The third-order valence-corrected chi connectivity index (χ3v) is 6.08. The van der Waals surface area contributed by atoms with Crippen LogP contribution in [-0.2, 0) is 25.3 Å². The second-order valence-corrected chi connectivity index (χ2v) is 8.01. The molecule has 1 amide bonds. The Morgan fingerprint density at radius 1 is 1.14 bits per heavy atom. The molecule has 4 rings (SSSR count). The molecule has 9 heteroatoms. The van der Waals surface area contributed by atoms with E-state index in [0.29, 0.717) is 17.4 Å². The summed E-state index contributed by atoms with van der Waals surface area (Å²) in [6.45, 7) is 2.38. The summed E-state index contributed by atoms with van der Waals surface area (Å²) in [5.41, 5.74) is 1.50. The summed E-state index contributed by atoms with van der Waals surface area (Å²) >= 11 is 1.21. The normalized spacial score (nSPS) is 13.6. The number of nitrogens with zero attached hydrogens (tertiary/aromatic N) is 5. The number of fused-ring (bicyclic) bond motifs is 2. The van der Waals surface area contributed by atoms with Crippen LogP contribution in [0.1, 0.15) is 17.8 Å². The van der Waals surface area contributed by atoms with E-state index in [0.717, 1.165) is 23.1 Å². The average Bonchev–Trinajstić information content (AvgIpc) is 2.73. The highest BCUT2D eigenvalue weighted by Crippen LogP contribution is 2.29. The fourth-order valence-corrected chi connectivity index (χ4v) is 4.57. The minimum absolute atomic E-state index is 0.0341. The van der Waals surface area contributed by atoms with Crippen molar-refractivity contribution in [2.24, 2.45) is 14.1 Å². The van der Waals surface area contributed by atoms with E-state index in [1.54, 1.807) is 18.9 Å². The van der Waals surface area contributed by atoms with Gasteiger partial charge in [0.15, 0.2) is 5.65 Å². The fourth-order valence-electron chi connectivity index (χ4n) is 3.64. The highest BCUT2D eigenvalue weighted by molar-refractivity contribution is 8.00. The molecular formula is C20H21N5O3S. The zero-order valence-electron chi connectivity index (χ0n) is 16.5. The van der Waals surface area contributed by atoms with E-state index in [9.17, 15) is 14.4 Å². The van der Waals surface area contributed by atoms with E-state index in [4.69, 9.17) is 0 Å². The first-order valence-corrected chi connectivity index (χ1v) is 10.3. The summed E-state index contributed by atoms with van der Waals surface area (Å²) in [5.74, 6) is 0.554. The van der Waals surface area contributed by atoms with Crippen molar-refractivity contribution in [1.82, 2.24) is 19.1 Å². The number of carbonyl (C=O) groups excluding carboxylic acids is 1. The van der Waals surface area contributed by atoms with Crippen molar-refractivity contribution < 1.29 is 4.79 Å². The topological polar surface area (TPSA) is 90.1 Å². The number of thioether (sulfide) groups is 1. The molecule has 1 aliphatic rings. The maximum Gasteiger partial charge on any atom is 0.332 e. The van der Waals surface area contributed by atoms with Crippen LogP contribution in [0.15, 0.2) is 38.9 Å². The lowest BCUT2D eigenvalue weighted by molar-refractivity contribution is -0.116. The Morgan fingerprint density at radius 3 is 2.69 bits per heavy atom. The number of hydrogen-bond donors (Lipinski definition) is 0. The van der Waals surface area contributed by atoms with Crippen LogP contribution in [0, 0.1) is 6.92 Å². The first kappa shape index (κ1) is 19.4. The molecule has 0 atom stereocenters. The van der Waals surface area contributed by atoms with Crippen molar-refractivity contribution in [3.05, 3.63) is 56.5 Å². The van der Waals surface area contributed by atoms with Crippen molar-refractivity contribution in [3.63, 3.8) is 0 Å². The summed E-state index contributed by atoms with van der Waals surface area (Å²) in [6.07, 6.45) is 1.89. The van der Waals surface area contributed by atoms with Crippen LogP contribution in [0.2, 0.25) is 0 Å². The maximum absolute atomic E-state index is 13.0. The average molecular weight is 411 g/mol. The zero-order valence-corrected chi connectivity index (χ0v) is 17.3. The quantitative estimate of drug-likeness (QED) is 0.478. The number of benzene rings is 1. The maximum atomic E-state index is 13.0. The van der Waals surface area contributed by atoms with E-state index in [2.05, 4.69) is 9.97 Å². The molecule has 0 unspecified atom stereocenters. The van der Waals surface area contributed by atoms with Gasteiger partial charge in [-0.2, -0.15) is 0 Å². The molecule has 0 radical (unpaired) electrons. The van der Waals surface area contributed by atoms with Crippen LogP contribution in [-0.4, -0.2) is 37.3 Å². The second kappa shape index (κ2) is 7.47. The van der Waals surface area contributed by atoms with Gasteiger partial charge >= 0.3 is 5.69 Å². The summed E-state index contributed by atoms with van der Waals surface area (Å²) in [6, 6.07) is 7.93. The predicted octanol–water partition coefficient (Wildman–Crippen LogP) is 1.41. The number of aromatic nitrogens is 4. The van der Waals surface area contributed by atoms with Gasteiger partial charge in [-0.15, -0.1) is 0 Å². The number of hydrogen-bond acceptors (Lipinski definition) is 6. The Kier molecular flexibility index (Phi) is 4.99. The lowest BCUT2D eigenvalue weighted by Gasteiger charge is -2.29. The van der Waals surface area contributed by atoms with Gasteiger partial charge in [-0.05, 0) is 31.4 Å². The molecule has 0 saturated carbocycles. The first-order valence-electron chi connectivity index (χ1n) is 9.34. The van der Waals surface area contributed by atoms with Gasteiger partial charge in [0.2, 0.25) is 5.91 Å². The van der Waals surface area contributed by atoms with E-state index in [-0.39, 0.29) is 22.7 Å². The van der Waals surface area contributed by atoms with Crippen molar-refractivity contribution >= 4 is 34.4 Å². The van der Waals surface area contributed by atoms with Crippen molar-refractivity contribution in [2.75, 3.05) is 17.2 Å². The van der Waals surface area contributed by atoms with Crippen LogP contribution >= 0.6 is 11.8 Å². The van der Waals surface area contributed by atoms with Gasteiger partial charge in [0, 0.05) is 26.3 Å². The van der Waals surface area contributed by atoms with Crippen molar-refractivity contribution in [3.8, 4) is 0 Å². The zero-order chi connectivity index (χ0) is 20.7. The van der Waals surface area contributed by atoms with Gasteiger partial charge < -0.3 is 4.90 Å². The molecule has 0 spiro atoms. The Balaban J connectivity index is 1.69. The third-order valence-electron chi connectivity index (χ3n) is 5.12. The SMILES string of the molecule is Cc1nc(SCC(=O)N2CCCc3ccccc32)c2c(=O)n(C)c(=O)n(C)c2n1. The van der Waals surface area contributed by atoms with Gasteiger partial charge in [-0.3, -0.25) is 18.7 Å². The number of carbonyl (C=O) groups is 1. The minimum atomic E-state index is -0.457. The van der Waals surface area contributed by atoms with Crippen LogP contribution in [0.25, 0.3) is 11.0 Å². The lowest BCUT2D eigenvalue weighted by atomic mass is 10.0. The molecule has 0 saturated heterocycles. The molecule has 2 aromatic heterocycles. The Bertz CT molecular complexity index is 1250. The van der Waals surface area contributed by atoms with Gasteiger partial charge in [0.05, 0.1) is 5.75 Å². The Hall–Kier alpha value is -2.94. The second-order valence-electron chi connectivity index (χ2n) is 7.05. The van der Waals surface area contributed by atoms with E-state index in [1.807, 2.05) is 24.3 Å². The molecule has 150 valence electrons. The van der Waals surface area contributed by atoms with Gasteiger partial charge in [-0.1, -0.05) is 30.0 Å². The van der Waals surface area contributed by atoms with Crippen LogP contribution in [0.3, 0.4) is 0 Å². The Morgan fingerprint density at radius 2 is 1.90 bits per heavy atom. The van der Waals surface area contributed by atoms with E-state index >= 15 is 0 Å². The predicted molar refractivity (Wildman–Crippen MR) is 113 cm³/mol. The third kappa shape index (κ3) is 3.35. The van der Waals surface area contributed by atoms with E-state index in [1.165, 1.54) is 28.9 Å². The summed E-state index contributed by atoms with van der Waals surface area (Å²) in [5, 5.41) is 0.680. The van der Waals surface area contributed by atoms with E-state index < -0.39 is 11.2 Å². The number of rotatable bonds is 3. The molecule has 0 bridgehead atoms. The van der Waals surface area contributed by atoms with Crippen LogP contribution < -0.4 is 16.1 Å². The molecular weight excluding hydrogens is 390 g/mol. The van der Waals surface area contributed by atoms with Crippen molar-refractivity contribution in [1.29, 1.82) is 0 Å².